The van der Waals surface area contributed by atoms with Crippen molar-refractivity contribution in [2.45, 2.75) is 64.7 Å². The molecule has 4 nitrogen and oxygen atoms in total. The van der Waals surface area contributed by atoms with Gasteiger partial charge in [0, 0.05) is 18.3 Å². The highest BCUT2D eigenvalue weighted by atomic mass is 28.4. The predicted molar refractivity (Wildman–Crippen MR) is 108 cm³/mol. The van der Waals surface area contributed by atoms with Crippen molar-refractivity contribution >= 4 is 16.6 Å². The summed E-state index contributed by atoms with van der Waals surface area (Å²) in [6.07, 6.45) is 0.491. The van der Waals surface area contributed by atoms with Crippen molar-refractivity contribution in [2.24, 2.45) is 11.5 Å². The Balaban J connectivity index is 3.23. The minimum absolute atomic E-state index is 0.295. The first kappa shape index (κ1) is 22.5. The lowest BCUT2D eigenvalue weighted by atomic mass is 9.91. The molecule has 144 valence electrons. The van der Waals surface area contributed by atoms with Gasteiger partial charge in [-0.3, -0.25) is 0 Å². The molecule has 0 bridgehead atoms. The van der Waals surface area contributed by atoms with E-state index < -0.39 is 27.8 Å². The van der Waals surface area contributed by atoms with Crippen LogP contribution in [0.5, 0.6) is 0 Å². The number of nitrogens with two attached hydrogens (primary N) is 2. The normalized spacial score (nSPS) is 16.0. The third kappa shape index (κ3) is 5.97. The van der Waals surface area contributed by atoms with Gasteiger partial charge in [-0.15, -0.1) is 0 Å². The first-order valence-corrected chi connectivity index (χ1v) is 15.3. The summed E-state index contributed by atoms with van der Waals surface area (Å²) < 4.78 is 27.4. The maximum absolute atomic E-state index is 14.9. The Morgan fingerprint density at radius 2 is 1.56 bits per heavy atom. The summed E-state index contributed by atoms with van der Waals surface area (Å²) >= 11 is 0. The Morgan fingerprint density at radius 1 is 1.00 bits per heavy atom. The molecule has 1 rings (SSSR count). The zero-order valence-electron chi connectivity index (χ0n) is 17.0. The Morgan fingerprint density at radius 3 is 1.96 bits per heavy atom. The molecular formula is C18H35FN2O2Si2. The van der Waals surface area contributed by atoms with Crippen LogP contribution >= 0.6 is 0 Å². The predicted octanol–water partition coefficient (Wildman–Crippen LogP) is 3.81. The van der Waals surface area contributed by atoms with Gasteiger partial charge in [-0.05, 0) is 65.1 Å². The highest BCUT2D eigenvalue weighted by Gasteiger charge is 2.36. The van der Waals surface area contributed by atoms with Gasteiger partial charge in [-0.2, -0.15) is 0 Å². The molecule has 0 saturated carbocycles. The molecule has 1 atom stereocenters. The standard InChI is InChI=1S/C18H35FN2O2Si2/c1-17(2,22-25(7,8)13-21)15-10-9-14(11-16(15)19)18(3,12-20)23-24(4,5)6/h9-11H,12-13,20-21H2,1-8H3. The first-order valence-electron chi connectivity index (χ1n) is 8.77. The fourth-order valence-electron chi connectivity index (χ4n) is 3.01. The molecule has 7 heteroatoms. The minimum Gasteiger partial charge on any atom is -0.407 e. The van der Waals surface area contributed by atoms with E-state index >= 15 is 0 Å². The van der Waals surface area contributed by atoms with Gasteiger partial charge >= 0.3 is 0 Å². The SMILES string of the molecule is CC(C)(O[Si](C)(C)CN)c1ccc(C(C)(CN)O[Si](C)(C)C)cc1F. The molecule has 0 spiro atoms. The lowest BCUT2D eigenvalue weighted by Crippen LogP contribution is -2.46. The smallest absolute Gasteiger partial charge is 0.201 e. The van der Waals surface area contributed by atoms with Crippen LogP contribution in [0.4, 0.5) is 4.39 Å². The third-order valence-corrected chi connectivity index (χ3v) is 7.28. The van der Waals surface area contributed by atoms with E-state index in [1.165, 1.54) is 6.07 Å². The van der Waals surface area contributed by atoms with Crippen LogP contribution in [-0.4, -0.2) is 29.3 Å². The molecule has 0 fully saturated rings. The van der Waals surface area contributed by atoms with Crippen molar-refractivity contribution in [1.29, 1.82) is 0 Å². The van der Waals surface area contributed by atoms with Gasteiger partial charge in [0.2, 0.25) is 8.32 Å². The summed E-state index contributed by atoms with van der Waals surface area (Å²) in [6, 6.07) is 5.21. The molecule has 0 aliphatic carbocycles. The average molecular weight is 387 g/mol. The number of halogens is 1. The van der Waals surface area contributed by atoms with E-state index in [2.05, 4.69) is 19.6 Å². The molecule has 4 N–H and O–H groups in total. The molecule has 0 radical (unpaired) electrons. The van der Waals surface area contributed by atoms with Gasteiger partial charge in [-0.1, -0.05) is 12.1 Å². The molecule has 25 heavy (non-hydrogen) atoms. The molecule has 0 aliphatic heterocycles. The average Bonchev–Trinajstić information content (AvgIpc) is 2.44. The molecule has 1 unspecified atom stereocenters. The second-order valence-corrected chi connectivity index (χ2v) is 17.5. The van der Waals surface area contributed by atoms with Crippen LogP contribution in [0.1, 0.15) is 31.9 Å². The molecule has 1 aromatic rings. The van der Waals surface area contributed by atoms with Crippen LogP contribution in [0.2, 0.25) is 32.7 Å². The molecule has 0 aromatic heterocycles. The maximum atomic E-state index is 14.9. The number of rotatable bonds is 8. The van der Waals surface area contributed by atoms with Crippen LogP contribution < -0.4 is 11.5 Å². The second-order valence-electron chi connectivity index (χ2n) is 8.92. The largest absolute Gasteiger partial charge is 0.407 e. The zero-order chi connectivity index (χ0) is 19.7. The summed E-state index contributed by atoms with van der Waals surface area (Å²) in [5, 5.41) is 0. The van der Waals surface area contributed by atoms with Gasteiger partial charge in [0.05, 0.1) is 11.2 Å². The molecule has 0 amide bonds. The maximum Gasteiger partial charge on any atom is 0.201 e. The van der Waals surface area contributed by atoms with E-state index in [4.69, 9.17) is 20.3 Å². The summed E-state index contributed by atoms with van der Waals surface area (Å²) in [7, 11) is -3.87. The summed E-state index contributed by atoms with van der Waals surface area (Å²) in [4.78, 5) is 0. The Bertz CT molecular complexity index is 603. The number of benzene rings is 1. The van der Waals surface area contributed by atoms with Gasteiger partial charge in [0.15, 0.2) is 8.32 Å². The monoisotopic (exact) mass is 386 g/mol. The molecule has 0 aliphatic rings. The lowest BCUT2D eigenvalue weighted by molar-refractivity contribution is 0.0845. The summed E-state index contributed by atoms with van der Waals surface area (Å²) in [6.45, 7) is 16.4. The van der Waals surface area contributed by atoms with Crippen molar-refractivity contribution in [1.82, 2.24) is 0 Å². The van der Waals surface area contributed by atoms with E-state index in [0.717, 1.165) is 5.56 Å². The van der Waals surface area contributed by atoms with E-state index in [0.29, 0.717) is 18.3 Å². The van der Waals surface area contributed by atoms with Crippen LogP contribution in [0.15, 0.2) is 18.2 Å². The first-order chi connectivity index (χ1) is 11.2. The van der Waals surface area contributed by atoms with Crippen LogP contribution in [0.3, 0.4) is 0 Å². The highest BCUT2D eigenvalue weighted by molar-refractivity contribution is 6.71. The van der Waals surface area contributed by atoms with Crippen molar-refractivity contribution in [3.8, 4) is 0 Å². The van der Waals surface area contributed by atoms with E-state index in [9.17, 15) is 4.39 Å². The van der Waals surface area contributed by atoms with E-state index in [1.807, 2.05) is 39.9 Å². The van der Waals surface area contributed by atoms with Crippen LogP contribution in [0.25, 0.3) is 0 Å². The Kier molecular flexibility index (Phi) is 6.81. The Labute approximate surface area is 154 Å². The summed E-state index contributed by atoms with van der Waals surface area (Å²) in [5.74, 6) is -0.303. The molecule has 0 saturated heterocycles. The lowest BCUT2D eigenvalue weighted by Gasteiger charge is -2.37. The Hall–Kier alpha value is -0.576. The molecular weight excluding hydrogens is 351 g/mol. The second kappa shape index (κ2) is 7.58. The third-order valence-electron chi connectivity index (χ3n) is 4.17. The quantitative estimate of drug-likeness (QED) is 0.667. The van der Waals surface area contributed by atoms with Gasteiger partial charge < -0.3 is 20.3 Å². The summed E-state index contributed by atoms with van der Waals surface area (Å²) in [5.41, 5.74) is 11.6. The molecule has 1 aromatic carbocycles. The fraction of sp³-hybridized carbons (Fsp3) is 0.667. The van der Waals surface area contributed by atoms with E-state index in [-0.39, 0.29) is 5.82 Å². The van der Waals surface area contributed by atoms with Gasteiger partial charge in [0.1, 0.15) is 5.82 Å². The number of hydrogen-bond donors (Lipinski definition) is 2. The highest BCUT2D eigenvalue weighted by Crippen LogP contribution is 2.34. The van der Waals surface area contributed by atoms with Crippen molar-refractivity contribution in [2.75, 3.05) is 12.7 Å². The number of hydrogen-bond acceptors (Lipinski definition) is 4. The zero-order valence-corrected chi connectivity index (χ0v) is 19.0. The fourth-order valence-corrected chi connectivity index (χ4v) is 6.14. The van der Waals surface area contributed by atoms with Crippen molar-refractivity contribution in [3.63, 3.8) is 0 Å². The van der Waals surface area contributed by atoms with Crippen LogP contribution in [-0.2, 0) is 20.1 Å². The molecule has 0 heterocycles. The van der Waals surface area contributed by atoms with Gasteiger partial charge in [0.25, 0.3) is 0 Å². The van der Waals surface area contributed by atoms with E-state index in [1.54, 1.807) is 6.07 Å². The van der Waals surface area contributed by atoms with Crippen molar-refractivity contribution in [3.05, 3.63) is 35.1 Å². The van der Waals surface area contributed by atoms with Gasteiger partial charge in [-0.25, -0.2) is 4.39 Å². The van der Waals surface area contributed by atoms with Crippen molar-refractivity contribution < 1.29 is 13.2 Å². The topological polar surface area (TPSA) is 70.5 Å². The van der Waals surface area contributed by atoms with Crippen LogP contribution in [0, 0.1) is 5.82 Å². The minimum atomic E-state index is -2.04.